The van der Waals surface area contributed by atoms with Crippen LogP contribution in [0.1, 0.15) is 42.0 Å². The van der Waals surface area contributed by atoms with Gasteiger partial charge in [-0.05, 0) is 43.4 Å². The molecular weight excluding hydrogens is 350 g/mol. The Labute approximate surface area is 158 Å². The maximum atomic E-state index is 12.7. The third kappa shape index (κ3) is 4.44. The van der Waals surface area contributed by atoms with Gasteiger partial charge in [0.25, 0.3) is 5.91 Å². The number of hydrogen-bond acceptors (Lipinski definition) is 6. The van der Waals surface area contributed by atoms with Crippen molar-refractivity contribution in [3.63, 3.8) is 0 Å². The Morgan fingerprint density at radius 1 is 1.42 bits per heavy atom. The van der Waals surface area contributed by atoms with Gasteiger partial charge in [0.15, 0.2) is 0 Å². The van der Waals surface area contributed by atoms with Gasteiger partial charge >= 0.3 is 0 Å². The lowest BCUT2D eigenvalue weighted by atomic mass is 9.96. The lowest BCUT2D eigenvalue weighted by Gasteiger charge is -2.16. The van der Waals surface area contributed by atoms with Crippen molar-refractivity contribution < 1.29 is 9.53 Å². The number of nitrogens with two attached hydrogens (primary N) is 1. The van der Waals surface area contributed by atoms with Gasteiger partial charge in [-0.3, -0.25) is 9.78 Å². The Kier molecular flexibility index (Phi) is 6.30. The summed E-state index contributed by atoms with van der Waals surface area (Å²) in [6.07, 6.45) is 9.87. The molecule has 0 aromatic carbocycles. The highest BCUT2D eigenvalue weighted by Gasteiger charge is 2.18. The van der Waals surface area contributed by atoms with Gasteiger partial charge < -0.3 is 20.4 Å². The van der Waals surface area contributed by atoms with Crippen LogP contribution in [0.4, 0.5) is 11.5 Å². The summed E-state index contributed by atoms with van der Waals surface area (Å²) in [6.45, 7) is 0.668. The summed E-state index contributed by atoms with van der Waals surface area (Å²) in [6, 6.07) is 3.66. The smallest absolute Gasteiger partial charge is 0.291 e. The van der Waals surface area contributed by atoms with Crippen LogP contribution in [0.2, 0.25) is 0 Å². The van der Waals surface area contributed by atoms with Crippen molar-refractivity contribution in [2.24, 2.45) is 0 Å². The average molecular weight is 373 g/mol. The summed E-state index contributed by atoms with van der Waals surface area (Å²) >= 11 is 4.10. The standard InChI is InChI=1S/C18H23N5O2S/c19-15-11-23(12-25-9-10-26)17(22-15)18(24)21-14-7-4-8-20-16(14)13-5-2-1-3-6-13/h4-5,7-8,11,26H,1-3,6,9-10,12,19H2,(H,21,24). The van der Waals surface area contributed by atoms with Crippen molar-refractivity contribution in [1.82, 2.24) is 14.5 Å². The normalized spacial score (nSPS) is 14.1. The van der Waals surface area contributed by atoms with Crippen LogP contribution in [0.3, 0.4) is 0 Å². The first-order valence-corrected chi connectivity index (χ1v) is 9.29. The molecule has 0 aliphatic heterocycles. The van der Waals surface area contributed by atoms with E-state index in [0.717, 1.165) is 25.0 Å². The van der Waals surface area contributed by atoms with Crippen LogP contribution < -0.4 is 11.1 Å². The van der Waals surface area contributed by atoms with E-state index >= 15 is 0 Å². The molecule has 0 saturated heterocycles. The monoisotopic (exact) mass is 373 g/mol. The molecular formula is C18H23N5O2S. The van der Waals surface area contributed by atoms with Crippen LogP contribution >= 0.6 is 12.6 Å². The average Bonchev–Trinajstić information content (AvgIpc) is 3.04. The van der Waals surface area contributed by atoms with Crippen LogP contribution in [0.15, 0.2) is 30.6 Å². The maximum Gasteiger partial charge on any atom is 0.291 e. The number of anilines is 2. The zero-order valence-corrected chi connectivity index (χ0v) is 15.4. The van der Waals surface area contributed by atoms with Crippen molar-refractivity contribution in [3.05, 3.63) is 42.1 Å². The van der Waals surface area contributed by atoms with Crippen LogP contribution in [0.25, 0.3) is 5.57 Å². The summed E-state index contributed by atoms with van der Waals surface area (Å²) in [4.78, 5) is 21.3. The highest BCUT2D eigenvalue weighted by molar-refractivity contribution is 7.80. The second-order valence-corrected chi connectivity index (χ2v) is 6.50. The van der Waals surface area contributed by atoms with E-state index in [9.17, 15) is 4.79 Å². The Morgan fingerprint density at radius 3 is 3.08 bits per heavy atom. The summed E-state index contributed by atoms with van der Waals surface area (Å²) in [5, 5.41) is 2.92. The molecule has 0 unspecified atom stereocenters. The van der Waals surface area contributed by atoms with Crippen LogP contribution in [0, 0.1) is 0 Å². The van der Waals surface area contributed by atoms with E-state index in [1.165, 1.54) is 12.0 Å². The highest BCUT2D eigenvalue weighted by Crippen LogP contribution is 2.30. The molecule has 2 heterocycles. The lowest BCUT2D eigenvalue weighted by molar-refractivity contribution is 0.0830. The summed E-state index contributed by atoms with van der Waals surface area (Å²) < 4.78 is 7.02. The molecule has 0 spiro atoms. The number of pyridine rings is 1. The molecule has 138 valence electrons. The molecule has 1 aliphatic carbocycles. The van der Waals surface area contributed by atoms with Crippen molar-refractivity contribution in [2.75, 3.05) is 23.4 Å². The number of thiol groups is 1. The van der Waals surface area contributed by atoms with Gasteiger partial charge in [0, 0.05) is 11.9 Å². The molecule has 3 N–H and O–H groups in total. The fraction of sp³-hybridized carbons (Fsp3) is 0.389. The van der Waals surface area contributed by atoms with Gasteiger partial charge in [-0.1, -0.05) is 6.08 Å². The van der Waals surface area contributed by atoms with E-state index in [1.54, 1.807) is 23.0 Å². The van der Waals surface area contributed by atoms with E-state index in [-0.39, 0.29) is 24.3 Å². The molecule has 0 fully saturated rings. The number of imidazole rings is 1. The van der Waals surface area contributed by atoms with Crippen molar-refractivity contribution in [1.29, 1.82) is 0 Å². The van der Waals surface area contributed by atoms with Gasteiger partial charge in [0.05, 0.1) is 24.2 Å². The Hall–Kier alpha value is -2.32. The number of aromatic nitrogens is 3. The number of ether oxygens (including phenoxy) is 1. The molecule has 0 saturated carbocycles. The fourth-order valence-corrected chi connectivity index (χ4v) is 3.07. The summed E-state index contributed by atoms with van der Waals surface area (Å²) in [5.41, 5.74) is 8.42. The van der Waals surface area contributed by atoms with Crippen molar-refractivity contribution >= 4 is 35.6 Å². The Bertz CT molecular complexity index is 803. The molecule has 0 radical (unpaired) electrons. The zero-order chi connectivity index (χ0) is 18.4. The number of carbonyl (C=O) groups excluding carboxylic acids is 1. The predicted molar refractivity (Wildman–Crippen MR) is 105 cm³/mol. The van der Waals surface area contributed by atoms with Gasteiger partial charge in [-0.2, -0.15) is 12.6 Å². The molecule has 2 aromatic heterocycles. The summed E-state index contributed by atoms with van der Waals surface area (Å²) in [7, 11) is 0. The van der Waals surface area contributed by atoms with Crippen molar-refractivity contribution in [3.8, 4) is 0 Å². The number of carbonyl (C=O) groups is 1. The highest BCUT2D eigenvalue weighted by atomic mass is 32.1. The van der Waals surface area contributed by atoms with E-state index in [4.69, 9.17) is 10.5 Å². The van der Waals surface area contributed by atoms with E-state index in [1.807, 2.05) is 6.07 Å². The van der Waals surface area contributed by atoms with Crippen LogP contribution in [-0.4, -0.2) is 32.8 Å². The lowest BCUT2D eigenvalue weighted by Crippen LogP contribution is -2.20. The third-order valence-corrected chi connectivity index (χ3v) is 4.30. The molecule has 0 atom stereocenters. The molecule has 26 heavy (non-hydrogen) atoms. The minimum atomic E-state index is -0.346. The number of nitrogens with zero attached hydrogens (tertiary/aromatic N) is 3. The van der Waals surface area contributed by atoms with Gasteiger partial charge in [0.1, 0.15) is 12.5 Å². The maximum absolute atomic E-state index is 12.7. The first-order chi connectivity index (χ1) is 12.7. The minimum Gasteiger partial charge on any atom is -0.382 e. The number of allylic oxidation sites excluding steroid dienone is 2. The number of amides is 1. The fourth-order valence-electron chi connectivity index (χ4n) is 2.94. The third-order valence-electron chi connectivity index (χ3n) is 4.12. The topological polar surface area (TPSA) is 95.1 Å². The molecule has 1 amide bonds. The molecule has 3 rings (SSSR count). The first kappa shape index (κ1) is 18.5. The van der Waals surface area contributed by atoms with E-state index in [2.05, 4.69) is 34.0 Å². The van der Waals surface area contributed by atoms with Gasteiger partial charge in [-0.25, -0.2) is 4.98 Å². The molecule has 0 bridgehead atoms. The molecule has 2 aromatic rings. The largest absolute Gasteiger partial charge is 0.382 e. The Balaban J connectivity index is 1.80. The molecule has 8 heteroatoms. The van der Waals surface area contributed by atoms with E-state index < -0.39 is 0 Å². The minimum absolute atomic E-state index is 0.193. The number of nitrogens with one attached hydrogen (secondary N) is 1. The quantitative estimate of drug-likeness (QED) is 0.512. The SMILES string of the molecule is Nc1cn(COCCS)c(C(=O)Nc2cccnc2C2=CCCCC2)n1. The zero-order valence-electron chi connectivity index (χ0n) is 14.5. The number of hydrogen-bond donors (Lipinski definition) is 3. The molecule has 1 aliphatic rings. The summed E-state index contributed by atoms with van der Waals surface area (Å²) in [5.74, 6) is 0.724. The number of nitrogen functional groups attached to an aromatic ring is 1. The van der Waals surface area contributed by atoms with E-state index in [0.29, 0.717) is 18.0 Å². The van der Waals surface area contributed by atoms with Crippen molar-refractivity contribution in [2.45, 2.75) is 32.4 Å². The molecule has 7 nitrogen and oxygen atoms in total. The first-order valence-electron chi connectivity index (χ1n) is 8.66. The van der Waals surface area contributed by atoms with Gasteiger partial charge in [0.2, 0.25) is 5.82 Å². The van der Waals surface area contributed by atoms with Gasteiger partial charge in [-0.15, -0.1) is 0 Å². The predicted octanol–water partition coefficient (Wildman–Crippen LogP) is 2.97. The van der Waals surface area contributed by atoms with Crippen LogP contribution in [0.5, 0.6) is 0 Å². The second kappa shape index (κ2) is 8.86. The second-order valence-electron chi connectivity index (χ2n) is 6.05. The van der Waals surface area contributed by atoms with Crippen LogP contribution in [-0.2, 0) is 11.5 Å². The Morgan fingerprint density at radius 2 is 2.31 bits per heavy atom. The number of rotatable bonds is 7.